The van der Waals surface area contributed by atoms with Gasteiger partial charge in [-0.2, -0.15) is 0 Å². The number of imide groups is 1. The molecule has 0 aromatic carbocycles. The highest BCUT2D eigenvalue weighted by Gasteiger charge is 2.23. The van der Waals surface area contributed by atoms with E-state index in [2.05, 4.69) is 10.1 Å². The minimum absolute atomic E-state index is 0.0514. The number of carbonyl (C=O) groups excluding carboxylic acids is 4. The number of ether oxygens (including phenoxy) is 3. The first-order chi connectivity index (χ1) is 11.5. The van der Waals surface area contributed by atoms with E-state index < -0.39 is 11.8 Å². The second kappa shape index (κ2) is 11.3. The molecule has 0 fully saturated rings. The van der Waals surface area contributed by atoms with Gasteiger partial charge in [0.15, 0.2) is 0 Å². The first-order valence-corrected chi connectivity index (χ1v) is 7.57. The molecule has 1 N–H and O–H groups in total. The highest BCUT2D eigenvalue weighted by molar-refractivity contribution is 6.13. The van der Waals surface area contributed by atoms with E-state index in [0.717, 1.165) is 4.90 Å². The molecule has 1 aliphatic rings. The number of methoxy groups -OCH3 is 1. The lowest BCUT2D eigenvalue weighted by atomic mass is 10.3. The smallest absolute Gasteiger partial charge is 0.307 e. The Kier molecular flexibility index (Phi) is 9.32. The number of esters is 1. The Morgan fingerprint density at radius 3 is 2.25 bits per heavy atom. The Morgan fingerprint density at radius 1 is 1.00 bits per heavy atom. The molecule has 0 radical (unpaired) electrons. The minimum atomic E-state index is -0.400. The summed E-state index contributed by atoms with van der Waals surface area (Å²) in [6.45, 7) is 1.66. The van der Waals surface area contributed by atoms with Crippen molar-refractivity contribution in [3.63, 3.8) is 0 Å². The van der Waals surface area contributed by atoms with Crippen molar-refractivity contribution in [2.45, 2.75) is 12.8 Å². The molecule has 134 valence electrons. The van der Waals surface area contributed by atoms with Crippen LogP contribution in [0, 0.1) is 0 Å². The highest BCUT2D eigenvalue weighted by atomic mass is 16.5. The van der Waals surface area contributed by atoms with Crippen LogP contribution in [-0.2, 0) is 33.4 Å². The molecule has 9 nitrogen and oxygen atoms in total. The zero-order valence-corrected chi connectivity index (χ0v) is 13.6. The van der Waals surface area contributed by atoms with Crippen LogP contribution >= 0.6 is 0 Å². The molecule has 24 heavy (non-hydrogen) atoms. The lowest BCUT2D eigenvalue weighted by Gasteiger charge is -2.13. The van der Waals surface area contributed by atoms with Crippen LogP contribution in [0.5, 0.6) is 0 Å². The third kappa shape index (κ3) is 7.84. The van der Waals surface area contributed by atoms with E-state index in [1.54, 1.807) is 0 Å². The summed E-state index contributed by atoms with van der Waals surface area (Å²) in [6, 6.07) is 0. The Hall–Kier alpha value is -2.26. The molecule has 1 rings (SSSR count). The molecule has 1 heterocycles. The molecule has 9 heteroatoms. The zero-order chi connectivity index (χ0) is 17.8. The molecule has 0 aromatic rings. The zero-order valence-electron chi connectivity index (χ0n) is 13.6. The normalized spacial score (nSPS) is 13.5. The third-order valence-electron chi connectivity index (χ3n) is 3.08. The second-order valence-corrected chi connectivity index (χ2v) is 4.81. The summed E-state index contributed by atoms with van der Waals surface area (Å²) in [4.78, 5) is 46.0. The largest absolute Gasteiger partial charge is 0.469 e. The summed E-state index contributed by atoms with van der Waals surface area (Å²) in [5.41, 5.74) is 0. The fraction of sp³-hybridized carbons (Fsp3) is 0.600. The van der Waals surface area contributed by atoms with Crippen LogP contribution in [0.25, 0.3) is 0 Å². The summed E-state index contributed by atoms with van der Waals surface area (Å²) in [7, 11) is 1.32. The number of carbonyl (C=O) groups is 4. The summed E-state index contributed by atoms with van der Waals surface area (Å²) in [6.07, 6.45) is 2.61. The first kappa shape index (κ1) is 19.8. The van der Waals surface area contributed by atoms with Crippen molar-refractivity contribution in [2.24, 2.45) is 0 Å². The highest BCUT2D eigenvalue weighted by Crippen LogP contribution is 2.03. The number of amides is 3. The maximum absolute atomic E-state index is 11.6. The van der Waals surface area contributed by atoms with Gasteiger partial charge in [-0.15, -0.1) is 0 Å². The van der Waals surface area contributed by atoms with Crippen LogP contribution < -0.4 is 5.32 Å². The predicted molar refractivity (Wildman–Crippen MR) is 81.8 cm³/mol. The molecule has 0 aromatic heterocycles. The van der Waals surface area contributed by atoms with Gasteiger partial charge in [0.1, 0.15) is 0 Å². The Labute approximate surface area is 139 Å². The number of nitrogens with one attached hydrogen (secondary N) is 1. The van der Waals surface area contributed by atoms with Gasteiger partial charge in [-0.1, -0.05) is 0 Å². The molecule has 0 atom stereocenters. The van der Waals surface area contributed by atoms with Crippen molar-refractivity contribution in [3.05, 3.63) is 12.2 Å². The molecule has 0 saturated heterocycles. The van der Waals surface area contributed by atoms with E-state index in [9.17, 15) is 19.2 Å². The van der Waals surface area contributed by atoms with Crippen LogP contribution in [0.15, 0.2) is 12.2 Å². The van der Waals surface area contributed by atoms with Crippen molar-refractivity contribution in [3.8, 4) is 0 Å². The number of nitrogens with zero attached hydrogens (tertiary/aromatic N) is 1. The molecule has 0 bridgehead atoms. The number of rotatable bonds is 12. The number of hydrogen-bond donors (Lipinski definition) is 1. The van der Waals surface area contributed by atoms with E-state index in [4.69, 9.17) is 9.47 Å². The van der Waals surface area contributed by atoms with Crippen molar-refractivity contribution in [2.75, 3.05) is 46.6 Å². The SMILES string of the molecule is COC(=O)CCOCCOCCNC(=O)CCN1C(=O)C=CC1=O. The standard InChI is InChI=1S/C15H22N2O7/c1-22-15(21)5-8-23-10-11-24-9-6-16-12(18)4-7-17-13(19)2-3-14(17)20/h2-3H,4-11H2,1H3,(H,16,18). The van der Waals surface area contributed by atoms with E-state index in [1.807, 2.05) is 0 Å². The fourth-order valence-electron chi connectivity index (χ4n) is 1.80. The van der Waals surface area contributed by atoms with Crippen LogP contribution in [0.2, 0.25) is 0 Å². The van der Waals surface area contributed by atoms with Crippen LogP contribution in [0.3, 0.4) is 0 Å². The van der Waals surface area contributed by atoms with Crippen LogP contribution in [0.4, 0.5) is 0 Å². The molecule has 1 aliphatic heterocycles. The molecule has 0 unspecified atom stereocenters. The third-order valence-corrected chi connectivity index (χ3v) is 3.08. The van der Waals surface area contributed by atoms with Crippen molar-refractivity contribution in [1.82, 2.24) is 10.2 Å². The number of hydrogen-bond acceptors (Lipinski definition) is 7. The molecule has 3 amide bonds. The van der Waals surface area contributed by atoms with Gasteiger partial charge in [0.2, 0.25) is 5.91 Å². The van der Waals surface area contributed by atoms with Crippen LogP contribution in [-0.4, -0.2) is 75.2 Å². The predicted octanol–water partition coefficient (Wildman–Crippen LogP) is -0.986. The van der Waals surface area contributed by atoms with Gasteiger partial charge < -0.3 is 19.5 Å². The van der Waals surface area contributed by atoms with Gasteiger partial charge in [0, 0.05) is 31.7 Å². The average Bonchev–Trinajstić information content (AvgIpc) is 2.89. The quantitative estimate of drug-likeness (QED) is 0.275. The Balaban J connectivity index is 1.92. The second-order valence-electron chi connectivity index (χ2n) is 4.81. The van der Waals surface area contributed by atoms with Gasteiger partial charge in [-0.25, -0.2) is 0 Å². The van der Waals surface area contributed by atoms with Gasteiger partial charge in [0.05, 0.1) is 40.0 Å². The molecule has 0 saturated carbocycles. The Morgan fingerprint density at radius 2 is 1.62 bits per heavy atom. The molecular formula is C15H22N2O7. The maximum Gasteiger partial charge on any atom is 0.307 e. The summed E-state index contributed by atoms with van der Waals surface area (Å²) in [5, 5.41) is 2.63. The maximum atomic E-state index is 11.6. The summed E-state index contributed by atoms with van der Waals surface area (Å²) in [5.74, 6) is -1.39. The van der Waals surface area contributed by atoms with E-state index in [0.29, 0.717) is 26.4 Å². The summed E-state index contributed by atoms with van der Waals surface area (Å²) < 4.78 is 14.9. The lowest BCUT2D eigenvalue weighted by Crippen LogP contribution is -2.35. The molecular weight excluding hydrogens is 320 g/mol. The average molecular weight is 342 g/mol. The van der Waals surface area contributed by atoms with Crippen LogP contribution in [0.1, 0.15) is 12.8 Å². The van der Waals surface area contributed by atoms with E-state index in [1.165, 1.54) is 19.3 Å². The molecule has 0 spiro atoms. The fourth-order valence-corrected chi connectivity index (χ4v) is 1.80. The van der Waals surface area contributed by atoms with Gasteiger partial charge >= 0.3 is 5.97 Å². The van der Waals surface area contributed by atoms with E-state index >= 15 is 0 Å². The van der Waals surface area contributed by atoms with Crippen molar-refractivity contribution in [1.29, 1.82) is 0 Å². The van der Waals surface area contributed by atoms with E-state index in [-0.39, 0.29) is 37.9 Å². The lowest BCUT2D eigenvalue weighted by molar-refractivity contribution is -0.142. The summed E-state index contributed by atoms with van der Waals surface area (Å²) >= 11 is 0. The molecule has 0 aliphatic carbocycles. The first-order valence-electron chi connectivity index (χ1n) is 7.57. The van der Waals surface area contributed by atoms with Gasteiger partial charge in [-0.3, -0.25) is 24.1 Å². The van der Waals surface area contributed by atoms with Gasteiger partial charge in [-0.05, 0) is 0 Å². The Bertz CT molecular complexity index is 472. The topological polar surface area (TPSA) is 111 Å². The monoisotopic (exact) mass is 342 g/mol. The minimum Gasteiger partial charge on any atom is -0.469 e. The van der Waals surface area contributed by atoms with Crippen molar-refractivity contribution < 1.29 is 33.4 Å². The van der Waals surface area contributed by atoms with Gasteiger partial charge in [0.25, 0.3) is 11.8 Å². The van der Waals surface area contributed by atoms with Crippen molar-refractivity contribution >= 4 is 23.7 Å².